The van der Waals surface area contributed by atoms with Gasteiger partial charge in [0.05, 0.1) is 18.6 Å². The predicted octanol–water partition coefficient (Wildman–Crippen LogP) is 0.972. The number of anilines is 1. The molecule has 1 atom stereocenters. The Morgan fingerprint density at radius 3 is 2.83 bits per heavy atom. The van der Waals surface area contributed by atoms with Crippen LogP contribution < -0.4 is 4.90 Å². The van der Waals surface area contributed by atoms with E-state index in [1.165, 1.54) is 23.3 Å². The van der Waals surface area contributed by atoms with Crippen molar-refractivity contribution in [1.29, 1.82) is 0 Å². The number of thiophene rings is 1. The van der Waals surface area contributed by atoms with E-state index in [0.29, 0.717) is 10.6 Å². The molecule has 0 bridgehead atoms. The van der Waals surface area contributed by atoms with E-state index in [4.69, 9.17) is 5.11 Å². The number of rotatable bonds is 3. The summed E-state index contributed by atoms with van der Waals surface area (Å²) in [6.45, 7) is 0.0959. The highest BCUT2D eigenvalue weighted by atomic mass is 32.1. The van der Waals surface area contributed by atoms with Crippen molar-refractivity contribution in [2.45, 2.75) is 6.42 Å². The minimum Gasteiger partial charge on any atom is -0.481 e. The molecule has 0 aliphatic carbocycles. The largest absolute Gasteiger partial charge is 0.481 e. The van der Waals surface area contributed by atoms with E-state index in [1.807, 2.05) is 0 Å². The Labute approximate surface area is 107 Å². The monoisotopic (exact) mass is 269 g/mol. The zero-order chi connectivity index (χ0) is 13.3. The van der Waals surface area contributed by atoms with Crippen molar-refractivity contribution in [2.24, 2.45) is 5.92 Å². The number of carbonyl (C=O) groups is 3. The molecule has 1 aliphatic heterocycles. The smallest absolute Gasteiger partial charge is 0.340 e. The third-order valence-corrected chi connectivity index (χ3v) is 3.71. The van der Waals surface area contributed by atoms with Gasteiger partial charge in [-0.25, -0.2) is 4.79 Å². The van der Waals surface area contributed by atoms with E-state index in [9.17, 15) is 14.4 Å². The second-order valence-corrected chi connectivity index (χ2v) is 4.77. The van der Waals surface area contributed by atoms with Crippen LogP contribution >= 0.6 is 11.3 Å². The summed E-state index contributed by atoms with van der Waals surface area (Å²) in [4.78, 5) is 35.5. The molecular formula is C11H11NO5S. The van der Waals surface area contributed by atoms with Crippen LogP contribution in [0.2, 0.25) is 0 Å². The SMILES string of the molecule is COC(=O)c1ccsc1N1CC(C(=O)O)CC1=O. The average Bonchev–Trinajstić information content (AvgIpc) is 2.93. The Hall–Kier alpha value is -1.89. The number of carboxylic acids is 1. The Kier molecular flexibility index (Phi) is 3.33. The van der Waals surface area contributed by atoms with Crippen LogP contribution in [0, 0.1) is 5.92 Å². The van der Waals surface area contributed by atoms with E-state index in [-0.39, 0.29) is 18.9 Å². The van der Waals surface area contributed by atoms with E-state index in [0.717, 1.165) is 0 Å². The predicted molar refractivity (Wildman–Crippen MR) is 63.8 cm³/mol. The number of aliphatic carboxylic acids is 1. The first-order chi connectivity index (χ1) is 8.54. The fraction of sp³-hybridized carbons (Fsp3) is 0.364. The van der Waals surface area contributed by atoms with Gasteiger partial charge in [0, 0.05) is 13.0 Å². The molecule has 1 N–H and O–H groups in total. The molecule has 0 spiro atoms. The van der Waals surface area contributed by atoms with Gasteiger partial charge in [-0.1, -0.05) is 0 Å². The van der Waals surface area contributed by atoms with Gasteiger partial charge in [-0.3, -0.25) is 9.59 Å². The van der Waals surface area contributed by atoms with Gasteiger partial charge in [0.15, 0.2) is 0 Å². The van der Waals surface area contributed by atoms with E-state index in [1.54, 1.807) is 11.4 Å². The maximum Gasteiger partial charge on any atom is 0.340 e. The van der Waals surface area contributed by atoms with Crippen molar-refractivity contribution in [2.75, 3.05) is 18.6 Å². The first-order valence-corrected chi connectivity index (χ1v) is 6.11. The minimum absolute atomic E-state index is 0.0339. The molecule has 7 heteroatoms. The summed E-state index contributed by atoms with van der Waals surface area (Å²) in [5, 5.41) is 11.0. The maximum atomic E-state index is 11.8. The number of carbonyl (C=O) groups excluding carboxylic acids is 2. The van der Waals surface area contributed by atoms with Gasteiger partial charge in [-0.2, -0.15) is 0 Å². The molecule has 0 aromatic carbocycles. The number of esters is 1. The zero-order valence-electron chi connectivity index (χ0n) is 9.58. The number of amides is 1. The molecule has 2 rings (SSSR count). The second-order valence-electron chi connectivity index (χ2n) is 3.87. The van der Waals surface area contributed by atoms with Crippen molar-refractivity contribution < 1.29 is 24.2 Å². The summed E-state index contributed by atoms with van der Waals surface area (Å²) in [6, 6.07) is 1.56. The first-order valence-electron chi connectivity index (χ1n) is 5.23. The highest BCUT2D eigenvalue weighted by Crippen LogP contribution is 2.33. The zero-order valence-corrected chi connectivity index (χ0v) is 10.4. The van der Waals surface area contributed by atoms with Crippen molar-refractivity contribution in [3.05, 3.63) is 17.0 Å². The number of hydrogen-bond donors (Lipinski definition) is 1. The van der Waals surface area contributed by atoms with E-state index >= 15 is 0 Å². The minimum atomic E-state index is -0.998. The van der Waals surface area contributed by atoms with Crippen molar-refractivity contribution in [1.82, 2.24) is 0 Å². The lowest BCUT2D eigenvalue weighted by Gasteiger charge is -2.15. The molecule has 1 aliphatic rings. The third-order valence-electron chi connectivity index (χ3n) is 2.77. The summed E-state index contributed by atoms with van der Waals surface area (Å²) < 4.78 is 4.62. The Morgan fingerprint density at radius 1 is 1.56 bits per heavy atom. The van der Waals surface area contributed by atoms with Crippen LogP contribution in [-0.2, 0) is 14.3 Å². The van der Waals surface area contributed by atoms with E-state index in [2.05, 4.69) is 4.74 Å². The number of methoxy groups -OCH3 is 1. The summed E-state index contributed by atoms with van der Waals surface area (Å²) >= 11 is 1.22. The summed E-state index contributed by atoms with van der Waals surface area (Å²) in [5.74, 6) is -2.53. The van der Waals surface area contributed by atoms with Gasteiger partial charge in [-0.05, 0) is 11.4 Å². The topological polar surface area (TPSA) is 83.9 Å². The first kappa shape index (κ1) is 12.6. The lowest BCUT2D eigenvalue weighted by Crippen LogP contribution is -2.26. The lowest BCUT2D eigenvalue weighted by atomic mass is 10.1. The van der Waals surface area contributed by atoms with Gasteiger partial charge in [-0.15, -0.1) is 11.3 Å². The highest BCUT2D eigenvalue weighted by Gasteiger charge is 2.37. The fourth-order valence-electron chi connectivity index (χ4n) is 1.84. The second kappa shape index (κ2) is 4.77. The van der Waals surface area contributed by atoms with Crippen LogP contribution in [0.4, 0.5) is 5.00 Å². The van der Waals surface area contributed by atoms with Gasteiger partial charge in [0.2, 0.25) is 5.91 Å². The molecule has 1 aromatic rings. The van der Waals surface area contributed by atoms with Gasteiger partial charge >= 0.3 is 11.9 Å². The Morgan fingerprint density at radius 2 is 2.28 bits per heavy atom. The maximum absolute atomic E-state index is 11.8. The van der Waals surface area contributed by atoms with E-state index < -0.39 is 17.9 Å². The van der Waals surface area contributed by atoms with Crippen molar-refractivity contribution in [3.8, 4) is 0 Å². The number of ether oxygens (including phenoxy) is 1. The van der Waals surface area contributed by atoms with Gasteiger partial charge < -0.3 is 14.7 Å². The Bertz CT molecular complexity index is 509. The number of carboxylic acid groups (broad SMARTS) is 1. The molecule has 96 valence electrons. The van der Waals surface area contributed by atoms with Crippen LogP contribution in [0.1, 0.15) is 16.8 Å². The normalized spacial score (nSPS) is 19.1. The van der Waals surface area contributed by atoms with Crippen LogP contribution in [0.25, 0.3) is 0 Å². The number of nitrogens with zero attached hydrogens (tertiary/aromatic N) is 1. The number of hydrogen-bond acceptors (Lipinski definition) is 5. The van der Waals surface area contributed by atoms with Gasteiger partial charge in [0.25, 0.3) is 0 Å². The molecule has 2 heterocycles. The van der Waals surface area contributed by atoms with Gasteiger partial charge in [0.1, 0.15) is 5.00 Å². The molecule has 1 saturated heterocycles. The molecule has 18 heavy (non-hydrogen) atoms. The molecule has 0 saturated carbocycles. The van der Waals surface area contributed by atoms with Crippen LogP contribution in [0.3, 0.4) is 0 Å². The Balaban J connectivity index is 2.28. The van der Waals surface area contributed by atoms with Crippen molar-refractivity contribution >= 4 is 34.2 Å². The summed E-state index contributed by atoms with van der Waals surface area (Å²) in [5.41, 5.74) is 0.293. The average molecular weight is 269 g/mol. The third kappa shape index (κ3) is 2.08. The molecule has 0 radical (unpaired) electrons. The molecular weight excluding hydrogens is 258 g/mol. The standard InChI is InChI=1S/C11H11NO5S/c1-17-11(16)7-2-3-18-9(7)12-5-6(10(14)15)4-8(12)13/h2-3,6H,4-5H2,1H3,(H,14,15). The highest BCUT2D eigenvalue weighted by molar-refractivity contribution is 7.14. The summed E-state index contributed by atoms with van der Waals surface area (Å²) in [6.07, 6.45) is -0.0339. The lowest BCUT2D eigenvalue weighted by molar-refractivity contribution is -0.141. The quantitative estimate of drug-likeness (QED) is 0.827. The van der Waals surface area contributed by atoms with Crippen LogP contribution in [0.15, 0.2) is 11.4 Å². The molecule has 1 fully saturated rings. The fourth-order valence-corrected chi connectivity index (χ4v) is 2.76. The molecule has 1 amide bonds. The molecule has 6 nitrogen and oxygen atoms in total. The molecule has 1 aromatic heterocycles. The van der Waals surface area contributed by atoms with Crippen LogP contribution in [-0.4, -0.2) is 36.6 Å². The molecule has 1 unspecified atom stereocenters. The van der Waals surface area contributed by atoms with Crippen molar-refractivity contribution in [3.63, 3.8) is 0 Å². The summed E-state index contributed by atoms with van der Waals surface area (Å²) in [7, 11) is 1.26. The van der Waals surface area contributed by atoms with Crippen LogP contribution in [0.5, 0.6) is 0 Å².